The van der Waals surface area contributed by atoms with Gasteiger partial charge in [-0.1, -0.05) is 0 Å². The fourth-order valence-corrected chi connectivity index (χ4v) is 2.85. The molecule has 1 aromatic heterocycles. The lowest BCUT2D eigenvalue weighted by molar-refractivity contribution is 0.0827. The van der Waals surface area contributed by atoms with Gasteiger partial charge in [-0.05, 0) is 43.9 Å². The highest BCUT2D eigenvalue weighted by Crippen LogP contribution is 2.26. The van der Waals surface area contributed by atoms with Crippen molar-refractivity contribution in [3.05, 3.63) is 41.5 Å². The van der Waals surface area contributed by atoms with Crippen molar-refractivity contribution in [2.45, 2.75) is 25.7 Å². The Bertz CT molecular complexity index is 688. The Morgan fingerprint density at radius 1 is 1.29 bits per heavy atom. The van der Waals surface area contributed by atoms with Gasteiger partial charge < -0.3 is 15.2 Å². The fraction of sp³-hybridized carbons (Fsp3) is 0.375. The molecule has 2 N–H and O–H groups in total. The topological polar surface area (TPSA) is 64.2 Å². The minimum atomic E-state index is -0.0248. The molecule has 5 nitrogen and oxygen atoms in total. The number of aryl methyl sites for hydroxylation is 1. The standard InChI is InChI=1S/C16H20N4O/c1-19(2)16(21)12-8-7-11(17)9-15(12)20-10-18-13-5-3-4-6-14(13)20/h7-10H,3-6,17H2,1-2H3. The second-order valence-corrected chi connectivity index (χ2v) is 5.69. The molecule has 1 aromatic carbocycles. The second kappa shape index (κ2) is 5.24. The van der Waals surface area contributed by atoms with Gasteiger partial charge in [0.25, 0.3) is 5.91 Å². The number of fused-ring (bicyclic) bond motifs is 1. The van der Waals surface area contributed by atoms with Crippen LogP contribution in [0.2, 0.25) is 0 Å². The molecular weight excluding hydrogens is 264 g/mol. The number of benzene rings is 1. The van der Waals surface area contributed by atoms with Crippen LogP contribution in [0, 0.1) is 0 Å². The molecule has 110 valence electrons. The molecule has 0 radical (unpaired) electrons. The number of aromatic nitrogens is 2. The summed E-state index contributed by atoms with van der Waals surface area (Å²) in [5, 5.41) is 0. The molecule has 1 aliphatic carbocycles. The zero-order chi connectivity index (χ0) is 15.0. The van der Waals surface area contributed by atoms with Gasteiger partial charge in [0, 0.05) is 25.5 Å². The van der Waals surface area contributed by atoms with Crippen LogP contribution in [-0.4, -0.2) is 34.5 Å². The molecule has 0 aliphatic heterocycles. The first kappa shape index (κ1) is 13.7. The van der Waals surface area contributed by atoms with E-state index in [-0.39, 0.29) is 5.91 Å². The van der Waals surface area contributed by atoms with E-state index >= 15 is 0 Å². The van der Waals surface area contributed by atoms with Gasteiger partial charge >= 0.3 is 0 Å². The minimum Gasteiger partial charge on any atom is -0.399 e. The highest BCUT2D eigenvalue weighted by molar-refractivity contribution is 5.98. The van der Waals surface area contributed by atoms with Crippen molar-refractivity contribution in [2.24, 2.45) is 0 Å². The lowest BCUT2D eigenvalue weighted by atomic mass is 10.0. The van der Waals surface area contributed by atoms with E-state index in [1.165, 1.54) is 12.1 Å². The molecule has 21 heavy (non-hydrogen) atoms. The highest BCUT2D eigenvalue weighted by Gasteiger charge is 2.20. The molecule has 0 bridgehead atoms. The number of rotatable bonds is 2. The van der Waals surface area contributed by atoms with Gasteiger partial charge in [0.1, 0.15) is 0 Å². The van der Waals surface area contributed by atoms with Crippen LogP contribution in [0.5, 0.6) is 0 Å². The fourth-order valence-electron chi connectivity index (χ4n) is 2.85. The number of hydrogen-bond donors (Lipinski definition) is 1. The zero-order valence-corrected chi connectivity index (χ0v) is 12.5. The molecular formula is C16H20N4O. The van der Waals surface area contributed by atoms with Crippen molar-refractivity contribution < 1.29 is 4.79 Å². The average Bonchev–Trinajstić information content (AvgIpc) is 2.90. The first-order valence-electron chi connectivity index (χ1n) is 7.24. The summed E-state index contributed by atoms with van der Waals surface area (Å²) in [5.74, 6) is -0.0248. The van der Waals surface area contributed by atoms with E-state index in [1.54, 1.807) is 31.1 Å². The minimum absolute atomic E-state index is 0.0248. The van der Waals surface area contributed by atoms with Crippen molar-refractivity contribution in [1.82, 2.24) is 14.5 Å². The summed E-state index contributed by atoms with van der Waals surface area (Å²) in [6.45, 7) is 0. The smallest absolute Gasteiger partial charge is 0.255 e. The van der Waals surface area contributed by atoms with E-state index in [0.717, 1.165) is 30.6 Å². The summed E-state index contributed by atoms with van der Waals surface area (Å²) < 4.78 is 2.03. The van der Waals surface area contributed by atoms with Crippen LogP contribution in [0.1, 0.15) is 34.6 Å². The van der Waals surface area contributed by atoms with Crippen molar-refractivity contribution in [3.8, 4) is 5.69 Å². The summed E-state index contributed by atoms with van der Waals surface area (Å²) in [6.07, 6.45) is 6.18. The number of nitrogens with two attached hydrogens (primary N) is 1. The van der Waals surface area contributed by atoms with Gasteiger partial charge in [-0.25, -0.2) is 4.98 Å². The number of imidazole rings is 1. The van der Waals surface area contributed by atoms with Crippen molar-refractivity contribution in [1.29, 1.82) is 0 Å². The normalized spacial score (nSPS) is 13.8. The largest absolute Gasteiger partial charge is 0.399 e. The monoisotopic (exact) mass is 284 g/mol. The van der Waals surface area contributed by atoms with Crippen molar-refractivity contribution in [2.75, 3.05) is 19.8 Å². The maximum absolute atomic E-state index is 12.4. The number of amides is 1. The number of hydrogen-bond acceptors (Lipinski definition) is 3. The Labute approximate surface area is 124 Å². The Morgan fingerprint density at radius 2 is 2.05 bits per heavy atom. The van der Waals surface area contributed by atoms with E-state index in [1.807, 2.05) is 17.0 Å². The van der Waals surface area contributed by atoms with Gasteiger partial charge in [0.2, 0.25) is 0 Å². The van der Waals surface area contributed by atoms with Gasteiger partial charge in [0.15, 0.2) is 0 Å². The molecule has 1 amide bonds. The molecule has 0 atom stereocenters. The Morgan fingerprint density at radius 3 is 2.81 bits per heavy atom. The Hall–Kier alpha value is -2.30. The van der Waals surface area contributed by atoms with Gasteiger partial charge in [-0.2, -0.15) is 0 Å². The summed E-state index contributed by atoms with van der Waals surface area (Å²) in [7, 11) is 3.51. The quantitative estimate of drug-likeness (QED) is 0.858. The van der Waals surface area contributed by atoms with Gasteiger partial charge in [0.05, 0.1) is 23.3 Å². The summed E-state index contributed by atoms with van der Waals surface area (Å²) in [5.41, 5.74) is 10.4. The Kier molecular flexibility index (Phi) is 3.41. The molecule has 3 rings (SSSR count). The average molecular weight is 284 g/mol. The third kappa shape index (κ3) is 2.39. The molecule has 2 aromatic rings. The third-order valence-corrected chi connectivity index (χ3v) is 3.95. The molecule has 0 saturated carbocycles. The van der Waals surface area contributed by atoms with E-state index in [9.17, 15) is 4.79 Å². The highest BCUT2D eigenvalue weighted by atomic mass is 16.2. The van der Waals surface area contributed by atoms with Crippen molar-refractivity contribution in [3.63, 3.8) is 0 Å². The molecule has 0 unspecified atom stereocenters. The van der Waals surface area contributed by atoms with E-state index < -0.39 is 0 Å². The maximum atomic E-state index is 12.4. The van der Waals surface area contributed by atoms with Crippen LogP contribution in [-0.2, 0) is 12.8 Å². The van der Waals surface area contributed by atoms with Crippen molar-refractivity contribution >= 4 is 11.6 Å². The number of carbonyl (C=O) groups is 1. The molecule has 1 heterocycles. The summed E-state index contributed by atoms with van der Waals surface area (Å²) >= 11 is 0. The number of nitrogens with zero attached hydrogens (tertiary/aromatic N) is 3. The zero-order valence-electron chi connectivity index (χ0n) is 12.5. The molecule has 1 aliphatic rings. The molecule has 5 heteroatoms. The van der Waals surface area contributed by atoms with E-state index in [2.05, 4.69) is 4.98 Å². The Balaban J connectivity index is 2.15. The molecule has 0 saturated heterocycles. The van der Waals surface area contributed by atoms with Crippen LogP contribution in [0.15, 0.2) is 24.5 Å². The second-order valence-electron chi connectivity index (χ2n) is 5.69. The predicted octanol–water partition coefficient (Wildman–Crippen LogP) is 2.04. The number of nitrogen functional groups attached to an aromatic ring is 1. The van der Waals surface area contributed by atoms with E-state index in [0.29, 0.717) is 11.3 Å². The lowest BCUT2D eigenvalue weighted by Gasteiger charge is -2.18. The maximum Gasteiger partial charge on any atom is 0.255 e. The van der Waals surface area contributed by atoms with Crippen LogP contribution in [0.25, 0.3) is 5.69 Å². The van der Waals surface area contributed by atoms with Crippen LogP contribution >= 0.6 is 0 Å². The SMILES string of the molecule is CN(C)C(=O)c1ccc(N)cc1-n1cnc2c1CCCC2. The number of carbonyl (C=O) groups excluding carboxylic acids is 1. The first-order chi connectivity index (χ1) is 10.1. The predicted molar refractivity (Wildman–Crippen MR) is 82.6 cm³/mol. The van der Waals surface area contributed by atoms with Gasteiger partial charge in [-0.15, -0.1) is 0 Å². The summed E-state index contributed by atoms with van der Waals surface area (Å²) in [6, 6.07) is 5.42. The van der Waals surface area contributed by atoms with E-state index in [4.69, 9.17) is 5.73 Å². The lowest BCUT2D eigenvalue weighted by Crippen LogP contribution is -2.23. The van der Waals surface area contributed by atoms with Crippen LogP contribution in [0.4, 0.5) is 5.69 Å². The first-order valence-corrected chi connectivity index (χ1v) is 7.24. The summed E-state index contributed by atoms with van der Waals surface area (Å²) in [4.78, 5) is 18.5. The van der Waals surface area contributed by atoms with Gasteiger partial charge in [-0.3, -0.25) is 4.79 Å². The molecule has 0 fully saturated rings. The van der Waals surface area contributed by atoms with Crippen LogP contribution in [0.3, 0.4) is 0 Å². The molecule has 0 spiro atoms. The third-order valence-electron chi connectivity index (χ3n) is 3.95. The van der Waals surface area contributed by atoms with Crippen LogP contribution < -0.4 is 5.73 Å². The number of anilines is 1.